The van der Waals surface area contributed by atoms with E-state index < -0.39 is 0 Å². The second kappa shape index (κ2) is 7.79. The molecule has 0 bridgehead atoms. The summed E-state index contributed by atoms with van der Waals surface area (Å²) in [7, 11) is 0. The van der Waals surface area contributed by atoms with Crippen molar-refractivity contribution in [1.82, 2.24) is 15.1 Å². The minimum atomic E-state index is 0.120. The number of nitrogens with one attached hydrogen (secondary N) is 1. The summed E-state index contributed by atoms with van der Waals surface area (Å²) in [5, 5.41) is 3.02. The Morgan fingerprint density at radius 1 is 1.12 bits per heavy atom. The van der Waals surface area contributed by atoms with Crippen LogP contribution in [0.15, 0.2) is 30.3 Å². The van der Waals surface area contributed by atoms with Crippen LogP contribution in [0.4, 0.5) is 0 Å². The van der Waals surface area contributed by atoms with Gasteiger partial charge in [0.1, 0.15) is 0 Å². The zero-order chi connectivity index (χ0) is 16.9. The minimum Gasteiger partial charge on any atom is -0.352 e. The van der Waals surface area contributed by atoms with Gasteiger partial charge in [-0.3, -0.25) is 14.5 Å². The maximum absolute atomic E-state index is 12.5. The molecule has 0 radical (unpaired) electrons. The van der Waals surface area contributed by atoms with Gasteiger partial charge >= 0.3 is 0 Å². The number of nitrogens with zero attached hydrogens (tertiary/aromatic N) is 2. The molecule has 1 aromatic rings. The monoisotopic (exact) mass is 329 g/mol. The van der Waals surface area contributed by atoms with Crippen molar-refractivity contribution in [2.45, 2.75) is 38.1 Å². The van der Waals surface area contributed by atoms with Crippen molar-refractivity contribution in [2.24, 2.45) is 0 Å². The predicted octanol–water partition coefficient (Wildman–Crippen LogP) is 1.60. The maximum atomic E-state index is 12.5. The Balaban J connectivity index is 1.40. The lowest BCUT2D eigenvalue weighted by Crippen LogP contribution is -2.51. The quantitative estimate of drug-likeness (QED) is 0.862. The van der Waals surface area contributed by atoms with Gasteiger partial charge in [-0.1, -0.05) is 37.3 Å². The van der Waals surface area contributed by atoms with Crippen LogP contribution in [0.3, 0.4) is 0 Å². The van der Waals surface area contributed by atoms with Crippen molar-refractivity contribution in [1.29, 1.82) is 0 Å². The van der Waals surface area contributed by atoms with Crippen molar-refractivity contribution >= 4 is 11.8 Å². The molecule has 1 saturated carbocycles. The van der Waals surface area contributed by atoms with E-state index in [9.17, 15) is 9.59 Å². The second-order valence-electron chi connectivity index (χ2n) is 7.01. The average molecular weight is 329 g/mol. The van der Waals surface area contributed by atoms with E-state index >= 15 is 0 Å². The number of hydrogen-bond acceptors (Lipinski definition) is 3. The third kappa shape index (κ3) is 4.81. The molecule has 1 atom stereocenters. The lowest BCUT2D eigenvalue weighted by Gasteiger charge is -2.34. The first-order chi connectivity index (χ1) is 11.6. The fourth-order valence-electron chi connectivity index (χ4n) is 3.15. The number of amides is 2. The molecular weight excluding hydrogens is 302 g/mol. The van der Waals surface area contributed by atoms with Crippen LogP contribution in [-0.2, 0) is 9.59 Å². The van der Waals surface area contributed by atoms with E-state index in [0.717, 1.165) is 39.0 Å². The van der Waals surface area contributed by atoms with Gasteiger partial charge in [-0.15, -0.1) is 0 Å². The molecule has 1 aliphatic heterocycles. The van der Waals surface area contributed by atoms with Gasteiger partial charge in [-0.2, -0.15) is 0 Å². The van der Waals surface area contributed by atoms with E-state index in [1.807, 2.05) is 23.1 Å². The summed E-state index contributed by atoms with van der Waals surface area (Å²) in [6.07, 6.45) is 2.79. The number of hydrogen-bond donors (Lipinski definition) is 1. The highest BCUT2D eigenvalue weighted by Gasteiger charge is 2.26. The van der Waals surface area contributed by atoms with Crippen molar-refractivity contribution in [3.63, 3.8) is 0 Å². The van der Waals surface area contributed by atoms with Crippen LogP contribution in [0.1, 0.15) is 37.7 Å². The summed E-state index contributed by atoms with van der Waals surface area (Å²) in [5.41, 5.74) is 1.21. The Morgan fingerprint density at radius 3 is 2.42 bits per heavy atom. The molecule has 1 aromatic carbocycles. The minimum absolute atomic E-state index is 0.120. The summed E-state index contributed by atoms with van der Waals surface area (Å²) < 4.78 is 0. The molecule has 2 aliphatic rings. The van der Waals surface area contributed by atoms with Crippen LogP contribution in [0.25, 0.3) is 0 Å². The summed E-state index contributed by atoms with van der Waals surface area (Å²) in [4.78, 5) is 28.4. The lowest BCUT2D eigenvalue weighted by atomic mass is 9.97. The van der Waals surface area contributed by atoms with Gasteiger partial charge < -0.3 is 10.2 Å². The summed E-state index contributed by atoms with van der Waals surface area (Å²) in [6, 6.07) is 10.6. The largest absolute Gasteiger partial charge is 0.352 e. The molecule has 1 heterocycles. The summed E-state index contributed by atoms with van der Waals surface area (Å²) >= 11 is 0. The number of carbonyl (C=O) groups is 2. The van der Waals surface area contributed by atoms with E-state index in [0.29, 0.717) is 19.0 Å². The predicted molar refractivity (Wildman–Crippen MR) is 93.7 cm³/mol. The first-order valence-electron chi connectivity index (χ1n) is 8.96. The molecule has 5 nitrogen and oxygen atoms in total. The van der Waals surface area contributed by atoms with Gasteiger partial charge in [-0.05, 0) is 24.3 Å². The lowest BCUT2D eigenvalue weighted by molar-refractivity contribution is -0.133. The topological polar surface area (TPSA) is 52.7 Å². The number of carbonyl (C=O) groups excluding carboxylic acids is 2. The Morgan fingerprint density at radius 2 is 1.79 bits per heavy atom. The molecule has 3 rings (SSSR count). The highest BCUT2D eigenvalue weighted by molar-refractivity contribution is 5.79. The molecule has 1 unspecified atom stereocenters. The van der Waals surface area contributed by atoms with Crippen molar-refractivity contribution in [2.75, 3.05) is 32.7 Å². The maximum Gasteiger partial charge on any atom is 0.234 e. The van der Waals surface area contributed by atoms with Gasteiger partial charge in [0.2, 0.25) is 11.8 Å². The van der Waals surface area contributed by atoms with E-state index in [4.69, 9.17) is 0 Å². The highest BCUT2D eigenvalue weighted by atomic mass is 16.2. The van der Waals surface area contributed by atoms with E-state index in [2.05, 4.69) is 29.3 Å². The fraction of sp³-hybridized carbons (Fsp3) is 0.579. The molecule has 1 saturated heterocycles. The van der Waals surface area contributed by atoms with Crippen LogP contribution in [0.5, 0.6) is 0 Å². The highest BCUT2D eigenvalue weighted by Crippen LogP contribution is 2.20. The number of benzene rings is 1. The van der Waals surface area contributed by atoms with Crippen LogP contribution in [0, 0.1) is 0 Å². The van der Waals surface area contributed by atoms with E-state index in [-0.39, 0.29) is 17.7 Å². The molecule has 5 heteroatoms. The molecule has 1 N–H and O–H groups in total. The van der Waals surface area contributed by atoms with Crippen molar-refractivity contribution in [3.05, 3.63) is 35.9 Å². The molecular formula is C19H27N3O2. The first kappa shape index (κ1) is 17.0. The van der Waals surface area contributed by atoms with Gasteiger partial charge in [0, 0.05) is 38.6 Å². The Hall–Kier alpha value is -1.88. The normalized spacial score (nSPS) is 19.8. The van der Waals surface area contributed by atoms with Crippen LogP contribution < -0.4 is 5.32 Å². The zero-order valence-electron chi connectivity index (χ0n) is 14.4. The summed E-state index contributed by atoms with van der Waals surface area (Å²) in [5.74, 6) is 0.574. The van der Waals surface area contributed by atoms with Crippen LogP contribution >= 0.6 is 0 Å². The molecule has 2 amide bonds. The first-order valence-corrected chi connectivity index (χ1v) is 8.96. The van der Waals surface area contributed by atoms with Gasteiger partial charge in [0.05, 0.1) is 6.54 Å². The third-order valence-electron chi connectivity index (χ3n) is 4.88. The standard InChI is InChI=1S/C19H27N3O2/c1-15(16-5-3-2-4-6-16)13-19(24)22-11-9-21(10-12-22)14-18(23)20-17-7-8-17/h2-6,15,17H,7-14H2,1H3,(H,20,23). The zero-order valence-corrected chi connectivity index (χ0v) is 14.4. The Kier molecular flexibility index (Phi) is 5.51. The third-order valence-corrected chi connectivity index (χ3v) is 4.88. The summed E-state index contributed by atoms with van der Waals surface area (Å²) in [6.45, 7) is 5.56. The molecule has 2 fully saturated rings. The SMILES string of the molecule is CC(CC(=O)N1CCN(CC(=O)NC2CC2)CC1)c1ccccc1. The van der Waals surface area contributed by atoms with E-state index in [1.165, 1.54) is 5.56 Å². The van der Waals surface area contributed by atoms with Crippen molar-refractivity contribution in [3.8, 4) is 0 Å². The number of piperazine rings is 1. The van der Waals surface area contributed by atoms with Crippen molar-refractivity contribution < 1.29 is 9.59 Å². The van der Waals surface area contributed by atoms with Gasteiger partial charge in [0.15, 0.2) is 0 Å². The van der Waals surface area contributed by atoms with Gasteiger partial charge in [-0.25, -0.2) is 0 Å². The molecule has 0 spiro atoms. The van der Waals surface area contributed by atoms with Crippen LogP contribution in [0.2, 0.25) is 0 Å². The number of rotatable bonds is 6. The second-order valence-corrected chi connectivity index (χ2v) is 7.01. The molecule has 0 aromatic heterocycles. The Labute approximate surface area is 144 Å². The van der Waals surface area contributed by atoms with E-state index in [1.54, 1.807) is 0 Å². The van der Waals surface area contributed by atoms with Gasteiger partial charge in [0.25, 0.3) is 0 Å². The molecule has 24 heavy (non-hydrogen) atoms. The Bertz CT molecular complexity index is 563. The average Bonchev–Trinajstić information content (AvgIpc) is 3.40. The fourth-order valence-corrected chi connectivity index (χ4v) is 3.15. The molecule has 1 aliphatic carbocycles. The smallest absolute Gasteiger partial charge is 0.234 e. The molecule has 130 valence electrons. The van der Waals surface area contributed by atoms with Crippen LogP contribution in [-0.4, -0.2) is 60.4 Å².